The minimum atomic E-state index is -0.00240. The summed E-state index contributed by atoms with van der Waals surface area (Å²) in [6, 6.07) is 8.18. The maximum absolute atomic E-state index is 12.8. The van der Waals surface area contributed by atoms with Gasteiger partial charge in [0.25, 0.3) is 0 Å². The van der Waals surface area contributed by atoms with Crippen LogP contribution in [0.4, 0.5) is 5.69 Å². The van der Waals surface area contributed by atoms with Gasteiger partial charge >= 0.3 is 0 Å². The van der Waals surface area contributed by atoms with Gasteiger partial charge in [0.05, 0.1) is 5.92 Å². The van der Waals surface area contributed by atoms with Crippen LogP contribution in [0.1, 0.15) is 31.7 Å². The monoisotopic (exact) mass is 290 g/mol. The molecular formula is C16H22N2OS. The summed E-state index contributed by atoms with van der Waals surface area (Å²) in [6.07, 6.45) is 1.07. The minimum absolute atomic E-state index is 0.00240. The largest absolute Gasteiger partial charge is 0.384 e. The van der Waals surface area contributed by atoms with Gasteiger partial charge in [-0.1, -0.05) is 32.0 Å². The molecule has 2 heterocycles. The van der Waals surface area contributed by atoms with Crippen molar-refractivity contribution >= 4 is 23.4 Å². The second kappa shape index (κ2) is 5.32. The Morgan fingerprint density at radius 3 is 3.00 bits per heavy atom. The van der Waals surface area contributed by atoms with Gasteiger partial charge in [-0.25, -0.2) is 0 Å². The van der Waals surface area contributed by atoms with Gasteiger partial charge in [0.15, 0.2) is 0 Å². The lowest BCUT2D eigenvalue weighted by Gasteiger charge is -2.25. The fourth-order valence-electron chi connectivity index (χ4n) is 2.97. The molecular weight excluding hydrogens is 268 g/mol. The van der Waals surface area contributed by atoms with Crippen LogP contribution in [-0.4, -0.2) is 40.9 Å². The van der Waals surface area contributed by atoms with Crippen molar-refractivity contribution < 1.29 is 4.79 Å². The number of nitrogens with zero attached hydrogens (tertiary/aromatic N) is 1. The van der Waals surface area contributed by atoms with Crippen LogP contribution in [0.15, 0.2) is 24.3 Å². The van der Waals surface area contributed by atoms with Crippen LogP contribution in [-0.2, 0) is 4.79 Å². The zero-order valence-electron chi connectivity index (χ0n) is 12.2. The third-order valence-electron chi connectivity index (χ3n) is 4.28. The molecule has 4 heteroatoms. The third-order valence-corrected chi connectivity index (χ3v) is 5.65. The zero-order chi connectivity index (χ0) is 14.2. The van der Waals surface area contributed by atoms with Gasteiger partial charge in [-0.15, -0.1) is 0 Å². The molecule has 108 valence electrons. The number of benzene rings is 1. The summed E-state index contributed by atoms with van der Waals surface area (Å²) in [4.78, 5) is 14.9. The van der Waals surface area contributed by atoms with Crippen molar-refractivity contribution in [2.24, 2.45) is 0 Å². The van der Waals surface area contributed by atoms with Crippen molar-refractivity contribution in [1.29, 1.82) is 0 Å². The minimum Gasteiger partial charge on any atom is -0.384 e. The highest BCUT2D eigenvalue weighted by molar-refractivity contribution is 8.00. The fraction of sp³-hybridized carbons (Fsp3) is 0.562. The molecule has 1 fully saturated rings. The van der Waals surface area contributed by atoms with E-state index in [0.717, 1.165) is 43.1 Å². The first-order valence-electron chi connectivity index (χ1n) is 7.32. The van der Waals surface area contributed by atoms with E-state index in [2.05, 4.69) is 36.2 Å². The van der Waals surface area contributed by atoms with Gasteiger partial charge in [0.2, 0.25) is 5.91 Å². The van der Waals surface area contributed by atoms with E-state index in [1.165, 1.54) is 0 Å². The van der Waals surface area contributed by atoms with E-state index in [-0.39, 0.29) is 5.92 Å². The molecule has 1 N–H and O–H groups in total. The summed E-state index contributed by atoms with van der Waals surface area (Å²) >= 11 is 1.98. The number of fused-ring (bicyclic) bond motifs is 1. The number of carbonyl (C=O) groups excluding carboxylic acids is 1. The van der Waals surface area contributed by atoms with E-state index in [0.29, 0.717) is 10.7 Å². The summed E-state index contributed by atoms with van der Waals surface area (Å²) in [5.41, 5.74) is 2.28. The smallest absolute Gasteiger partial charge is 0.232 e. The molecule has 0 aromatic heterocycles. The quantitative estimate of drug-likeness (QED) is 0.863. The molecule has 1 aromatic rings. The maximum atomic E-state index is 12.8. The number of hydrogen-bond donors (Lipinski definition) is 1. The second-order valence-corrected chi connectivity index (χ2v) is 8.01. The number of para-hydroxylation sites is 1. The maximum Gasteiger partial charge on any atom is 0.232 e. The Kier molecular flexibility index (Phi) is 3.67. The molecule has 1 amide bonds. The Bertz CT molecular complexity index is 515. The summed E-state index contributed by atoms with van der Waals surface area (Å²) in [5, 5.41) is 3.35. The molecule has 3 rings (SSSR count). The Balaban J connectivity index is 1.74. The van der Waals surface area contributed by atoms with Crippen LogP contribution in [0.3, 0.4) is 0 Å². The average Bonchev–Trinajstić information content (AvgIpc) is 2.77. The van der Waals surface area contributed by atoms with Crippen molar-refractivity contribution in [3.63, 3.8) is 0 Å². The molecule has 2 aliphatic heterocycles. The summed E-state index contributed by atoms with van der Waals surface area (Å²) in [5.74, 6) is 1.33. The van der Waals surface area contributed by atoms with Crippen molar-refractivity contribution in [1.82, 2.24) is 4.90 Å². The van der Waals surface area contributed by atoms with Gasteiger partial charge in [0.1, 0.15) is 0 Å². The topological polar surface area (TPSA) is 32.3 Å². The fourth-order valence-corrected chi connectivity index (χ4v) is 4.07. The molecule has 0 radical (unpaired) electrons. The molecule has 1 atom stereocenters. The Morgan fingerprint density at radius 2 is 2.15 bits per heavy atom. The van der Waals surface area contributed by atoms with Gasteiger partial charge in [-0.2, -0.15) is 11.8 Å². The number of hydrogen-bond acceptors (Lipinski definition) is 3. The molecule has 0 saturated carbocycles. The average molecular weight is 290 g/mol. The molecule has 1 aromatic carbocycles. The van der Waals surface area contributed by atoms with Gasteiger partial charge in [0, 0.05) is 35.8 Å². The molecule has 3 nitrogen and oxygen atoms in total. The molecule has 0 spiro atoms. The predicted molar refractivity (Wildman–Crippen MR) is 85.4 cm³/mol. The van der Waals surface area contributed by atoms with Gasteiger partial charge in [-0.05, 0) is 18.1 Å². The first-order chi connectivity index (χ1) is 9.57. The van der Waals surface area contributed by atoms with Crippen molar-refractivity contribution in [2.75, 3.05) is 30.7 Å². The van der Waals surface area contributed by atoms with Crippen LogP contribution in [0.25, 0.3) is 0 Å². The molecule has 0 aliphatic carbocycles. The molecule has 0 bridgehead atoms. The number of nitrogens with one attached hydrogen (secondary N) is 1. The van der Waals surface area contributed by atoms with Crippen LogP contribution in [0.5, 0.6) is 0 Å². The lowest BCUT2D eigenvalue weighted by molar-refractivity contribution is -0.132. The first kappa shape index (κ1) is 13.8. The van der Waals surface area contributed by atoms with E-state index in [9.17, 15) is 4.79 Å². The van der Waals surface area contributed by atoms with Gasteiger partial charge < -0.3 is 10.2 Å². The zero-order valence-corrected chi connectivity index (χ0v) is 13.0. The first-order valence-corrected chi connectivity index (χ1v) is 8.31. The number of carbonyl (C=O) groups is 1. The normalized spacial score (nSPS) is 24.7. The van der Waals surface area contributed by atoms with Crippen molar-refractivity contribution in [3.05, 3.63) is 29.8 Å². The Morgan fingerprint density at radius 1 is 1.35 bits per heavy atom. The van der Waals surface area contributed by atoms with E-state index in [1.54, 1.807) is 0 Å². The highest BCUT2D eigenvalue weighted by Gasteiger charge is 2.33. The van der Waals surface area contributed by atoms with Crippen molar-refractivity contribution in [2.45, 2.75) is 30.9 Å². The van der Waals surface area contributed by atoms with Crippen LogP contribution >= 0.6 is 11.8 Å². The standard InChI is InChI=1S/C16H22N2OS/c1-16(2)7-8-18(9-10-20-16)15(19)13-11-17-14-6-4-3-5-12(13)14/h3-6,13,17H,7-11H2,1-2H3. The molecule has 1 saturated heterocycles. The number of thioether (sulfide) groups is 1. The molecule has 20 heavy (non-hydrogen) atoms. The van der Waals surface area contributed by atoms with E-state index < -0.39 is 0 Å². The highest BCUT2D eigenvalue weighted by Crippen LogP contribution is 2.35. The molecule has 2 aliphatic rings. The summed E-state index contributed by atoms with van der Waals surface area (Å²) in [7, 11) is 0. The summed E-state index contributed by atoms with van der Waals surface area (Å²) in [6.45, 7) is 7.06. The summed E-state index contributed by atoms with van der Waals surface area (Å²) < 4.78 is 0.293. The lowest BCUT2D eigenvalue weighted by Crippen LogP contribution is -2.37. The second-order valence-electron chi connectivity index (χ2n) is 6.20. The van der Waals surface area contributed by atoms with Crippen LogP contribution < -0.4 is 5.32 Å². The molecule has 1 unspecified atom stereocenters. The highest BCUT2D eigenvalue weighted by atomic mass is 32.2. The van der Waals surface area contributed by atoms with Crippen LogP contribution in [0.2, 0.25) is 0 Å². The SMILES string of the molecule is CC1(C)CCN(C(=O)C2CNc3ccccc32)CCS1. The van der Waals surface area contributed by atoms with Crippen LogP contribution in [0, 0.1) is 0 Å². The van der Waals surface area contributed by atoms with E-state index >= 15 is 0 Å². The van der Waals surface area contributed by atoms with Gasteiger partial charge in [-0.3, -0.25) is 4.79 Å². The predicted octanol–water partition coefficient (Wildman–Crippen LogP) is 2.94. The number of rotatable bonds is 1. The van der Waals surface area contributed by atoms with Crippen molar-refractivity contribution in [3.8, 4) is 0 Å². The third kappa shape index (κ3) is 2.66. The Labute approximate surface area is 125 Å². The lowest BCUT2D eigenvalue weighted by atomic mass is 9.99. The van der Waals surface area contributed by atoms with E-state index in [4.69, 9.17) is 0 Å². The van der Waals surface area contributed by atoms with E-state index in [1.807, 2.05) is 23.9 Å². The Hall–Kier alpha value is -1.16. The number of amides is 1. The number of anilines is 1.